The van der Waals surface area contributed by atoms with E-state index in [2.05, 4.69) is 4.90 Å². The van der Waals surface area contributed by atoms with Gasteiger partial charge in [0.2, 0.25) is 0 Å². The van der Waals surface area contributed by atoms with E-state index in [0.29, 0.717) is 6.04 Å². The van der Waals surface area contributed by atoms with Crippen molar-refractivity contribution in [1.82, 2.24) is 4.90 Å². The highest BCUT2D eigenvalue weighted by Crippen LogP contribution is 2.31. The third kappa shape index (κ3) is 1.22. The smallest absolute Gasteiger partial charge is 0.320 e. The number of rotatable bonds is 1. The molecule has 2 fully saturated rings. The highest BCUT2D eigenvalue weighted by Gasteiger charge is 2.38. The van der Waals surface area contributed by atoms with Crippen molar-refractivity contribution in [2.75, 3.05) is 6.54 Å². The molecule has 2 aliphatic rings. The molecule has 2 unspecified atom stereocenters. The predicted molar refractivity (Wildman–Crippen MR) is 45.0 cm³/mol. The minimum atomic E-state index is -0.626. The number of hydrogen-bond acceptors (Lipinski definition) is 2. The van der Waals surface area contributed by atoms with Crippen molar-refractivity contribution in [3.8, 4) is 0 Å². The number of carboxylic acids is 1. The van der Waals surface area contributed by atoms with E-state index in [1.165, 1.54) is 19.3 Å². The maximum atomic E-state index is 10.8. The van der Waals surface area contributed by atoms with Crippen molar-refractivity contribution in [2.24, 2.45) is 0 Å². The van der Waals surface area contributed by atoms with Gasteiger partial charge in [0.05, 0.1) is 0 Å². The summed E-state index contributed by atoms with van der Waals surface area (Å²) in [6.45, 7) is 1.00. The van der Waals surface area contributed by atoms with Crippen LogP contribution in [0.2, 0.25) is 0 Å². The third-order valence-corrected chi connectivity index (χ3v) is 3.13. The summed E-state index contributed by atoms with van der Waals surface area (Å²) >= 11 is 0. The van der Waals surface area contributed by atoms with Crippen LogP contribution >= 0.6 is 0 Å². The van der Waals surface area contributed by atoms with Gasteiger partial charge in [-0.3, -0.25) is 9.69 Å². The molecule has 0 aromatic rings. The molecule has 2 heterocycles. The molecule has 3 heteroatoms. The molecule has 12 heavy (non-hydrogen) atoms. The van der Waals surface area contributed by atoms with Gasteiger partial charge in [-0.05, 0) is 32.2 Å². The molecule has 1 N–H and O–H groups in total. The minimum Gasteiger partial charge on any atom is -0.480 e. The van der Waals surface area contributed by atoms with Crippen LogP contribution in [0.15, 0.2) is 0 Å². The lowest BCUT2D eigenvalue weighted by atomic mass is 10.0. The summed E-state index contributed by atoms with van der Waals surface area (Å²) in [5.41, 5.74) is 0. The monoisotopic (exact) mass is 169 g/mol. The quantitative estimate of drug-likeness (QED) is 0.638. The largest absolute Gasteiger partial charge is 0.480 e. The fraction of sp³-hybridized carbons (Fsp3) is 0.889. The highest BCUT2D eigenvalue weighted by molar-refractivity contribution is 5.73. The molecule has 0 amide bonds. The Balaban J connectivity index is 2.05. The predicted octanol–water partition coefficient (Wildman–Crippen LogP) is 1.09. The first kappa shape index (κ1) is 8.05. The van der Waals surface area contributed by atoms with Crippen molar-refractivity contribution in [3.05, 3.63) is 0 Å². The van der Waals surface area contributed by atoms with Gasteiger partial charge in [0.15, 0.2) is 0 Å². The van der Waals surface area contributed by atoms with Gasteiger partial charge in [-0.2, -0.15) is 0 Å². The van der Waals surface area contributed by atoms with Crippen LogP contribution in [0.1, 0.15) is 32.1 Å². The Morgan fingerprint density at radius 3 is 2.83 bits per heavy atom. The molecular weight excluding hydrogens is 154 g/mol. The number of nitrogens with zero attached hydrogens (tertiary/aromatic N) is 1. The zero-order chi connectivity index (χ0) is 8.55. The van der Waals surface area contributed by atoms with E-state index in [-0.39, 0.29) is 6.04 Å². The maximum absolute atomic E-state index is 10.8. The molecule has 2 atom stereocenters. The van der Waals surface area contributed by atoms with Crippen LogP contribution in [0.4, 0.5) is 0 Å². The molecule has 0 bridgehead atoms. The van der Waals surface area contributed by atoms with E-state index < -0.39 is 5.97 Å². The standard InChI is InChI=1S/C9H15NO2/c11-9(12)8-5-4-7-3-1-2-6-10(7)8/h7-8H,1-6H2,(H,11,12). The average molecular weight is 169 g/mol. The van der Waals surface area contributed by atoms with Crippen molar-refractivity contribution in [1.29, 1.82) is 0 Å². The Labute approximate surface area is 72.4 Å². The number of carboxylic acid groups (broad SMARTS) is 1. The van der Waals surface area contributed by atoms with Crippen LogP contribution in [0.3, 0.4) is 0 Å². The van der Waals surface area contributed by atoms with Crippen LogP contribution in [0.25, 0.3) is 0 Å². The normalized spacial score (nSPS) is 36.3. The van der Waals surface area contributed by atoms with Gasteiger partial charge in [0, 0.05) is 6.04 Å². The average Bonchev–Trinajstić information content (AvgIpc) is 2.47. The lowest BCUT2D eigenvalue weighted by molar-refractivity contribution is -0.143. The van der Waals surface area contributed by atoms with Gasteiger partial charge in [-0.1, -0.05) is 6.42 Å². The summed E-state index contributed by atoms with van der Waals surface area (Å²) in [4.78, 5) is 13.0. The summed E-state index contributed by atoms with van der Waals surface area (Å²) in [5.74, 6) is -0.626. The van der Waals surface area contributed by atoms with Gasteiger partial charge < -0.3 is 5.11 Å². The molecule has 68 valence electrons. The van der Waals surface area contributed by atoms with E-state index in [1.807, 2.05) is 0 Å². The molecule has 0 spiro atoms. The fourth-order valence-corrected chi connectivity index (χ4v) is 2.52. The summed E-state index contributed by atoms with van der Waals surface area (Å²) in [5, 5.41) is 8.91. The molecule has 0 saturated carbocycles. The summed E-state index contributed by atoms with van der Waals surface area (Å²) < 4.78 is 0. The van der Waals surface area contributed by atoms with Crippen molar-refractivity contribution in [2.45, 2.75) is 44.2 Å². The lowest BCUT2D eigenvalue weighted by Gasteiger charge is -2.31. The Morgan fingerprint density at radius 2 is 2.08 bits per heavy atom. The molecule has 2 aliphatic heterocycles. The molecule has 0 aromatic heterocycles. The topological polar surface area (TPSA) is 40.5 Å². The number of piperidine rings is 1. The van der Waals surface area contributed by atoms with Gasteiger partial charge >= 0.3 is 5.97 Å². The second-order valence-electron chi connectivity index (χ2n) is 3.82. The minimum absolute atomic E-state index is 0.171. The highest BCUT2D eigenvalue weighted by atomic mass is 16.4. The summed E-state index contributed by atoms with van der Waals surface area (Å²) in [6, 6.07) is 0.412. The van der Waals surface area contributed by atoms with Crippen molar-refractivity contribution >= 4 is 5.97 Å². The molecule has 0 aliphatic carbocycles. The lowest BCUT2D eigenvalue weighted by Crippen LogP contribution is -2.43. The summed E-state index contributed by atoms with van der Waals surface area (Å²) in [6.07, 6.45) is 5.63. The molecule has 3 nitrogen and oxygen atoms in total. The second kappa shape index (κ2) is 3.05. The first-order valence-corrected chi connectivity index (χ1v) is 4.77. The first-order chi connectivity index (χ1) is 5.79. The zero-order valence-corrected chi connectivity index (χ0v) is 7.20. The first-order valence-electron chi connectivity index (χ1n) is 4.77. The van der Waals surface area contributed by atoms with Gasteiger partial charge in [0.1, 0.15) is 6.04 Å². The van der Waals surface area contributed by atoms with Crippen LogP contribution in [-0.2, 0) is 4.79 Å². The molecule has 0 aromatic carbocycles. The van der Waals surface area contributed by atoms with E-state index in [1.54, 1.807) is 0 Å². The van der Waals surface area contributed by atoms with Crippen LogP contribution < -0.4 is 0 Å². The van der Waals surface area contributed by atoms with E-state index in [0.717, 1.165) is 19.4 Å². The molecular formula is C9H15NO2. The van der Waals surface area contributed by atoms with E-state index >= 15 is 0 Å². The Kier molecular flexibility index (Phi) is 2.05. The Bertz CT molecular complexity index is 193. The second-order valence-corrected chi connectivity index (χ2v) is 3.82. The van der Waals surface area contributed by atoms with Gasteiger partial charge in [-0.25, -0.2) is 0 Å². The van der Waals surface area contributed by atoms with Crippen molar-refractivity contribution in [3.63, 3.8) is 0 Å². The number of carbonyl (C=O) groups is 1. The fourth-order valence-electron chi connectivity index (χ4n) is 2.52. The van der Waals surface area contributed by atoms with Crippen LogP contribution in [0.5, 0.6) is 0 Å². The Hall–Kier alpha value is -0.570. The van der Waals surface area contributed by atoms with Gasteiger partial charge in [0.25, 0.3) is 0 Å². The van der Waals surface area contributed by atoms with E-state index in [4.69, 9.17) is 5.11 Å². The van der Waals surface area contributed by atoms with Crippen LogP contribution in [0, 0.1) is 0 Å². The molecule has 0 radical (unpaired) electrons. The zero-order valence-electron chi connectivity index (χ0n) is 7.20. The molecule has 2 rings (SSSR count). The van der Waals surface area contributed by atoms with Crippen molar-refractivity contribution < 1.29 is 9.90 Å². The summed E-state index contributed by atoms with van der Waals surface area (Å²) in [7, 11) is 0. The van der Waals surface area contributed by atoms with Gasteiger partial charge in [-0.15, -0.1) is 0 Å². The SMILES string of the molecule is O=C(O)C1CCC2CCCCN21. The molecule has 2 saturated heterocycles. The number of aliphatic carboxylic acids is 1. The van der Waals surface area contributed by atoms with E-state index in [9.17, 15) is 4.79 Å². The number of hydrogen-bond donors (Lipinski definition) is 1. The Morgan fingerprint density at radius 1 is 1.25 bits per heavy atom. The number of fused-ring (bicyclic) bond motifs is 1. The third-order valence-electron chi connectivity index (χ3n) is 3.13. The van der Waals surface area contributed by atoms with Crippen LogP contribution in [-0.4, -0.2) is 34.6 Å². The maximum Gasteiger partial charge on any atom is 0.320 e.